The van der Waals surface area contributed by atoms with Gasteiger partial charge in [0, 0.05) is 19.1 Å². The molecule has 0 radical (unpaired) electrons. The first-order valence-electron chi connectivity index (χ1n) is 7.91. The molecule has 0 spiro atoms. The molecule has 0 bridgehead atoms. The van der Waals surface area contributed by atoms with Crippen LogP contribution in [-0.4, -0.2) is 43.6 Å². The van der Waals surface area contributed by atoms with Crippen LogP contribution in [0, 0.1) is 0 Å². The molecule has 21 heavy (non-hydrogen) atoms. The molecule has 3 rings (SSSR count). The Balaban J connectivity index is 1.42. The summed E-state index contributed by atoms with van der Waals surface area (Å²) in [5.74, 6) is 1.78. The van der Waals surface area contributed by atoms with Crippen LogP contribution >= 0.6 is 0 Å². The van der Waals surface area contributed by atoms with E-state index in [2.05, 4.69) is 17.4 Å². The van der Waals surface area contributed by atoms with E-state index in [1.807, 2.05) is 17.0 Å². The Morgan fingerprint density at radius 3 is 2.81 bits per heavy atom. The minimum atomic E-state index is 0.261. The molecule has 114 valence electrons. The number of likely N-dealkylation sites (tertiary alicyclic amines) is 1. The van der Waals surface area contributed by atoms with E-state index in [0.717, 1.165) is 44.5 Å². The van der Waals surface area contributed by atoms with E-state index in [4.69, 9.17) is 4.74 Å². The van der Waals surface area contributed by atoms with Gasteiger partial charge in [0.25, 0.3) is 0 Å². The lowest BCUT2D eigenvalue weighted by Crippen LogP contribution is -2.45. The normalized spacial score (nSPS) is 24.7. The van der Waals surface area contributed by atoms with Gasteiger partial charge in [0.05, 0.1) is 13.7 Å². The van der Waals surface area contributed by atoms with Gasteiger partial charge < -0.3 is 15.0 Å². The van der Waals surface area contributed by atoms with Gasteiger partial charge in [-0.2, -0.15) is 0 Å². The number of amides is 1. The predicted octanol–water partition coefficient (Wildman–Crippen LogP) is 2.15. The molecule has 1 saturated heterocycles. The topological polar surface area (TPSA) is 41.6 Å². The Morgan fingerprint density at radius 2 is 2.10 bits per heavy atom. The number of nitrogens with one attached hydrogen (secondary N) is 1. The third-order valence-corrected chi connectivity index (χ3v) is 4.70. The summed E-state index contributed by atoms with van der Waals surface area (Å²) in [4.78, 5) is 13.9. The number of hydrogen-bond donors (Lipinski definition) is 1. The molecule has 1 amide bonds. The van der Waals surface area contributed by atoms with Crippen molar-refractivity contribution < 1.29 is 9.53 Å². The molecular weight excluding hydrogens is 264 g/mol. The van der Waals surface area contributed by atoms with Crippen LogP contribution in [0.15, 0.2) is 24.3 Å². The van der Waals surface area contributed by atoms with E-state index in [1.54, 1.807) is 7.11 Å². The number of methoxy groups -OCH3 is 1. The average molecular weight is 288 g/mol. The van der Waals surface area contributed by atoms with Crippen LogP contribution in [0.5, 0.6) is 5.75 Å². The second kappa shape index (κ2) is 6.48. The Bertz CT molecular complexity index is 491. The van der Waals surface area contributed by atoms with Crippen molar-refractivity contribution in [1.82, 2.24) is 10.2 Å². The highest BCUT2D eigenvalue weighted by atomic mass is 16.5. The molecule has 1 aliphatic carbocycles. The van der Waals surface area contributed by atoms with Gasteiger partial charge in [0.2, 0.25) is 5.91 Å². The van der Waals surface area contributed by atoms with Crippen molar-refractivity contribution in [3.63, 3.8) is 0 Å². The van der Waals surface area contributed by atoms with E-state index < -0.39 is 0 Å². The minimum Gasteiger partial charge on any atom is -0.497 e. The summed E-state index contributed by atoms with van der Waals surface area (Å²) in [6.07, 6.45) is 4.54. The molecule has 1 aromatic carbocycles. The number of benzene rings is 1. The average Bonchev–Trinajstić information content (AvgIpc) is 3.00. The Hall–Kier alpha value is -1.55. The fourth-order valence-corrected chi connectivity index (χ4v) is 3.26. The van der Waals surface area contributed by atoms with Crippen LogP contribution in [0.2, 0.25) is 0 Å². The number of ether oxygens (including phenoxy) is 1. The lowest BCUT2D eigenvalue weighted by atomic mass is 9.76. The Morgan fingerprint density at radius 1 is 1.33 bits per heavy atom. The maximum Gasteiger partial charge on any atom is 0.236 e. The highest BCUT2D eigenvalue weighted by Crippen LogP contribution is 2.37. The fraction of sp³-hybridized carbons (Fsp3) is 0.588. The van der Waals surface area contributed by atoms with Gasteiger partial charge in [0.15, 0.2) is 0 Å². The van der Waals surface area contributed by atoms with Crippen molar-refractivity contribution in [1.29, 1.82) is 0 Å². The molecular formula is C17H24N2O2. The molecule has 2 fully saturated rings. The molecule has 1 heterocycles. The predicted molar refractivity (Wildman–Crippen MR) is 82.6 cm³/mol. The third-order valence-electron chi connectivity index (χ3n) is 4.70. The number of carbonyl (C=O) groups excluding carboxylic acids is 1. The molecule has 4 heteroatoms. The zero-order chi connectivity index (χ0) is 14.7. The summed E-state index contributed by atoms with van der Waals surface area (Å²) >= 11 is 0. The summed E-state index contributed by atoms with van der Waals surface area (Å²) in [6, 6.07) is 8.79. The van der Waals surface area contributed by atoms with Crippen molar-refractivity contribution in [3.05, 3.63) is 29.8 Å². The third kappa shape index (κ3) is 3.38. The molecule has 1 saturated carbocycles. The van der Waals surface area contributed by atoms with Crippen molar-refractivity contribution in [2.75, 3.05) is 26.7 Å². The van der Waals surface area contributed by atoms with E-state index in [9.17, 15) is 4.79 Å². The zero-order valence-electron chi connectivity index (χ0n) is 12.7. The van der Waals surface area contributed by atoms with Crippen LogP contribution in [-0.2, 0) is 4.79 Å². The molecule has 0 unspecified atom stereocenters. The molecule has 4 nitrogen and oxygen atoms in total. The van der Waals surface area contributed by atoms with Crippen molar-refractivity contribution in [3.8, 4) is 5.75 Å². The summed E-state index contributed by atoms with van der Waals surface area (Å²) in [6.45, 7) is 2.38. The van der Waals surface area contributed by atoms with Gasteiger partial charge in [-0.05, 0) is 49.3 Å². The van der Waals surface area contributed by atoms with Gasteiger partial charge in [-0.3, -0.25) is 4.79 Å². The van der Waals surface area contributed by atoms with Crippen LogP contribution in [0.4, 0.5) is 0 Å². The Labute approximate surface area is 126 Å². The molecule has 0 aromatic heterocycles. The molecule has 1 N–H and O–H groups in total. The van der Waals surface area contributed by atoms with E-state index >= 15 is 0 Å². The smallest absolute Gasteiger partial charge is 0.236 e. The summed E-state index contributed by atoms with van der Waals surface area (Å²) in [7, 11) is 1.70. The lowest BCUT2D eigenvalue weighted by molar-refractivity contribution is -0.129. The standard InChI is InChI=1S/C17H24N2O2/c1-21-16-6-4-5-13(11-16)14-9-15(10-14)18-12-17(20)19-7-2-3-8-19/h4-6,11,14-15,18H,2-3,7-10,12H2,1H3. The molecule has 2 aliphatic rings. The monoisotopic (exact) mass is 288 g/mol. The first-order chi connectivity index (χ1) is 10.3. The first-order valence-corrected chi connectivity index (χ1v) is 7.91. The number of nitrogens with zero attached hydrogens (tertiary/aromatic N) is 1. The van der Waals surface area contributed by atoms with Crippen molar-refractivity contribution in [2.45, 2.75) is 37.6 Å². The SMILES string of the molecule is COc1cccc(C2CC(NCC(=O)N3CCCC3)C2)c1. The fourth-order valence-electron chi connectivity index (χ4n) is 3.26. The van der Waals surface area contributed by atoms with E-state index in [-0.39, 0.29) is 5.91 Å². The molecule has 0 atom stereocenters. The van der Waals surface area contributed by atoms with E-state index in [1.165, 1.54) is 5.56 Å². The van der Waals surface area contributed by atoms with Crippen LogP contribution in [0.3, 0.4) is 0 Å². The number of carbonyl (C=O) groups is 1. The summed E-state index contributed by atoms with van der Waals surface area (Å²) < 4.78 is 5.27. The molecule has 1 aromatic rings. The van der Waals surface area contributed by atoms with Gasteiger partial charge in [-0.15, -0.1) is 0 Å². The van der Waals surface area contributed by atoms with Crippen LogP contribution in [0.25, 0.3) is 0 Å². The van der Waals surface area contributed by atoms with Gasteiger partial charge >= 0.3 is 0 Å². The minimum absolute atomic E-state index is 0.261. The second-order valence-electron chi connectivity index (χ2n) is 6.11. The number of rotatable bonds is 5. The zero-order valence-corrected chi connectivity index (χ0v) is 12.7. The van der Waals surface area contributed by atoms with Crippen LogP contribution < -0.4 is 10.1 Å². The maximum atomic E-state index is 12.0. The first kappa shape index (κ1) is 14.4. The Kier molecular flexibility index (Phi) is 4.44. The van der Waals surface area contributed by atoms with Gasteiger partial charge in [0.1, 0.15) is 5.75 Å². The van der Waals surface area contributed by atoms with Crippen molar-refractivity contribution >= 4 is 5.91 Å². The van der Waals surface area contributed by atoms with Crippen LogP contribution in [0.1, 0.15) is 37.2 Å². The second-order valence-corrected chi connectivity index (χ2v) is 6.11. The summed E-state index contributed by atoms with van der Waals surface area (Å²) in [5, 5.41) is 3.40. The maximum absolute atomic E-state index is 12.0. The number of hydrogen-bond acceptors (Lipinski definition) is 3. The van der Waals surface area contributed by atoms with E-state index in [0.29, 0.717) is 18.5 Å². The highest BCUT2D eigenvalue weighted by Gasteiger charge is 2.31. The largest absolute Gasteiger partial charge is 0.497 e. The van der Waals surface area contributed by atoms with Crippen molar-refractivity contribution in [2.24, 2.45) is 0 Å². The quantitative estimate of drug-likeness (QED) is 0.902. The molecule has 1 aliphatic heterocycles. The highest BCUT2D eigenvalue weighted by molar-refractivity contribution is 5.78. The van der Waals surface area contributed by atoms with Gasteiger partial charge in [-0.25, -0.2) is 0 Å². The summed E-state index contributed by atoms with van der Waals surface area (Å²) in [5.41, 5.74) is 1.35. The lowest BCUT2D eigenvalue weighted by Gasteiger charge is -2.36. The van der Waals surface area contributed by atoms with Gasteiger partial charge in [-0.1, -0.05) is 12.1 Å².